The smallest absolute Gasteiger partial charge is 0.274 e. The molecule has 2 amide bonds. The second-order valence-corrected chi connectivity index (χ2v) is 5.19. The van der Waals surface area contributed by atoms with Gasteiger partial charge in [0.25, 0.3) is 5.91 Å². The predicted molar refractivity (Wildman–Crippen MR) is 75.6 cm³/mol. The Kier molecular flexibility index (Phi) is 4.85. The van der Waals surface area contributed by atoms with Gasteiger partial charge < -0.3 is 15.0 Å². The van der Waals surface area contributed by atoms with Crippen molar-refractivity contribution in [2.24, 2.45) is 11.8 Å². The number of carbonyl (C=O) groups excluding carboxylic acids is 2. The van der Waals surface area contributed by atoms with Crippen molar-refractivity contribution in [1.82, 2.24) is 20.2 Å². The quantitative estimate of drug-likeness (QED) is 0.835. The van der Waals surface area contributed by atoms with Crippen molar-refractivity contribution in [3.05, 3.63) is 23.8 Å². The van der Waals surface area contributed by atoms with Gasteiger partial charge in [-0.2, -0.15) is 0 Å². The van der Waals surface area contributed by atoms with Crippen LogP contribution in [0.1, 0.15) is 16.2 Å². The number of hydrogen-bond acceptors (Lipinski definition) is 5. The minimum atomic E-state index is -0.252. The van der Waals surface area contributed by atoms with Crippen LogP contribution in [0.4, 0.5) is 0 Å². The van der Waals surface area contributed by atoms with Gasteiger partial charge in [0.2, 0.25) is 5.91 Å². The maximum atomic E-state index is 12.4. The summed E-state index contributed by atoms with van der Waals surface area (Å²) in [6.07, 6.45) is 3.03. The molecule has 21 heavy (non-hydrogen) atoms. The third kappa shape index (κ3) is 3.36. The summed E-state index contributed by atoms with van der Waals surface area (Å²) in [6, 6.07) is 0. The van der Waals surface area contributed by atoms with Crippen LogP contribution in [0.3, 0.4) is 0 Å². The molecule has 1 fully saturated rings. The van der Waals surface area contributed by atoms with Crippen molar-refractivity contribution in [1.29, 1.82) is 0 Å². The van der Waals surface area contributed by atoms with E-state index in [1.54, 1.807) is 25.3 Å². The Morgan fingerprint density at radius 2 is 2.14 bits per heavy atom. The van der Waals surface area contributed by atoms with Crippen molar-refractivity contribution in [3.63, 3.8) is 0 Å². The van der Waals surface area contributed by atoms with Gasteiger partial charge in [0.15, 0.2) is 0 Å². The number of methoxy groups -OCH3 is 1. The number of nitrogens with one attached hydrogen (secondary N) is 1. The van der Waals surface area contributed by atoms with E-state index < -0.39 is 0 Å². The molecule has 0 radical (unpaired) electrons. The highest BCUT2D eigenvalue weighted by atomic mass is 16.5. The molecule has 0 bridgehead atoms. The highest BCUT2D eigenvalue weighted by Crippen LogP contribution is 2.25. The highest BCUT2D eigenvalue weighted by molar-refractivity contribution is 5.93. The van der Waals surface area contributed by atoms with Gasteiger partial charge in [-0.3, -0.25) is 14.6 Å². The van der Waals surface area contributed by atoms with E-state index in [9.17, 15) is 9.59 Å². The Hall–Kier alpha value is -2.02. The monoisotopic (exact) mass is 292 g/mol. The maximum absolute atomic E-state index is 12.4. The molecule has 2 atom stereocenters. The van der Waals surface area contributed by atoms with Crippen LogP contribution in [-0.4, -0.2) is 60.5 Å². The SMILES string of the molecule is CNC(=O)[C@@H]1CN(C(=O)c2cnc(C)cn2)C[C@H]1COC. The van der Waals surface area contributed by atoms with Gasteiger partial charge >= 0.3 is 0 Å². The zero-order chi connectivity index (χ0) is 15.4. The third-order valence-electron chi connectivity index (χ3n) is 3.69. The van der Waals surface area contributed by atoms with Crippen molar-refractivity contribution in [2.75, 3.05) is 33.9 Å². The summed E-state index contributed by atoms with van der Waals surface area (Å²) < 4.78 is 5.15. The fraction of sp³-hybridized carbons (Fsp3) is 0.571. The molecule has 0 unspecified atom stereocenters. The number of hydrogen-bond donors (Lipinski definition) is 1. The van der Waals surface area contributed by atoms with Crippen LogP contribution >= 0.6 is 0 Å². The summed E-state index contributed by atoms with van der Waals surface area (Å²) in [5.41, 5.74) is 1.06. The zero-order valence-electron chi connectivity index (χ0n) is 12.5. The van der Waals surface area contributed by atoms with E-state index in [1.807, 2.05) is 6.92 Å². The second kappa shape index (κ2) is 6.62. The first-order chi connectivity index (χ1) is 10.1. The van der Waals surface area contributed by atoms with Gasteiger partial charge in [-0.15, -0.1) is 0 Å². The molecule has 1 saturated heterocycles. The molecule has 7 nitrogen and oxygen atoms in total. The van der Waals surface area contributed by atoms with Crippen LogP contribution in [0, 0.1) is 18.8 Å². The van der Waals surface area contributed by atoms with E-state index in [0.29, 0.717) is 25.4 Å². The Morgan fingerprint density at radius 3 is 2.71 bits per heavy atom. The first-order valence-corrected chi connectivity index (χ1v) is 6.85. The average Bonchev–Trinajstić information content (AvgIpc) is 2.91. The summed E-state index contributed by atoms with van der Waals surface area (Å²) in [5.74, 6) is -0.521. The molecule has 114 valence electrons. The maximum Gasteiger partial charge on any atom is 0.274 e. The lowest BCUT2D eigenvalue weighted by molar-refractivity contribution is -0.125. The van der Waals surface area contributed by atoms with Gasteiger partial charge in [0.05, 0.1) is 24.4 Å². The van der Waals surface area contributed by atoms with E-state index in [4.69, 9.17) is 4.74 Å². The van der Waals surface area contributed by atoms with Gasteiger partial charge in [-0.1, -0.05) is 0 Å². The van der Waals surface area contributed by atoms with Crippen LogP contribution < -0.4 is 5.32 Å². The molecule has 1 aliphatic heterocycles. The van der Waals surface area contributed by atoms with Gasteiger partial charge in [-0.05, 0) is 6.92 Å². The zero-order valence-corrected chi connectivity index (χ0v) is 12.5. The molecule has 7 heteroatoms. The van der Waals surface area contributed by atoms with E-state index in [-0.39, 0.29) is 23.7 Å². The van der Waals surface area contributed by atoms with Crippen molar-refractivity contribution < 1.29 is 14.3 Å². The Balaban J connectivity index is 2.12. The van der Waals surface area contributed by atoms with E-state index >= 15 is 0 Å². The minimum Gasteiger partial charge on any atom is -0.384 e. The summed E-state index contributed by atoms with van der Waals surface area (Å²) in [5, 5.41) is 2.64. The number of amides is 2. The molecule has 2 rings (SSSR count). The lowest BCUT2D eigenvalue weighted by Gasteiger charge is -2.15. The molecule has 1 aromatic heterocycles. The Bertz CT molecular complexity index is 517. The van der Waals surface area contributed by atoms with E-state index in [2.05, 4.69) is 15.3 Å². The second-order valence-electron chi connectivity index (χ2n) is 5.19. The van der Waals surface area contributed by atoms with Crippen LogP contribution in [0.25, 0.3) is 0 Å². The number of aryl methyl sites for hydroxylation is 1. The first-order valence-electron chi connectivity index (χ1n) is 6.85. The highest BCUT2D eigenvalue weighted by Gasteiger charge is 2.39. The molecule has 1 aromatic rings. The molecule has 0 aliphatic carbocycles. The standard InChI is InChI=1S/C14H20N4O3/c1-9-4-17-12(5-16-9)14(20)18-6-10(8-21-3)11(7-18)13(19)15-2/h4-5,10-11H,6-8H2,1-3H3,(H,15,19)/t10-,11+/m0/s1. The molecular weight excluding hydrogens is 272 g/mol. The van der Waals surface area contributed by atoms with Crippen molar-refractivity contribution in [3.8, 4) is 0 Å². The lowest BCUT2D eigenvalue weighted by atomic mass is 9.96. The number of aromatic nitrogens is 2. The van der Waals surface area contributed by atoms with E-state index in [0.717, 1.165) is 5.69 Å². The Morgan fingerprint density at radius 1 is 1.38 bits per heavy atom. The number of rotatable bonds is 4. The van der Waals surface area contributed by atoms with Crippen molar-refractivity contribution >= 4 is 11.8 Å². The summed E-state index contributed by atoms with van der Waals surface area (Å²) in [4.78, 5) is 34.2. The number of nitrogens with zero attached hydrogens (tertiary/aromatic N) is 3. The number of carbonyl (C=O) groups is 2. The normalized spacial score (nSPS) is 21.4. The molecule has 1 aliphatic rings. The predicted octanol–water partition coefficient (Wildman–Crippen LogP) is -0.134. The molecule has 0 saturated carbocycles. The average molecular weight is 292 g/mol. The number of ether oxygens (including phenoxy) is 1. The van der Waals surface area contributed by atoms with Crippen LogP contribution in [0.15, 0.2) is 12.4 Å². The van der Waals surface area contributed by atoms with Gasteiger partial charge in [0, 0.05) is 39.4 Å². The molecule has 2 heterocycles. The third-order valence-corrected chi connectivity index (χ3v) is 3.69. The van der Waals surface area contributed by atoms with Crippen molar-refractivity contribution in [2.45, 2.75) is 6.92 Å². The number of likely N-dealkylation sites (tertiary alicyclic amines) is 1. The Labute approximate surface area is 123 Å². The summed E-state index contributed by atoms with van der Waals surface area (Å²) >= 11 is 0. The first kappa shape index (κ1) is 15.4. The van der Waals surface area contributed by atoms with Crippen LogP contribution in [0.2, 0.25) is 0 Å². The minimum absolute atomic E-state index is 0.00249. The molecule has 0 aromatic carbocycles. The molecular formula is C14H20N4O3. The topological polar surface area (TPSA) is 84.4 Å². The van der Waals surface area contributed by atoms with E-state index in [1.165, 1.54) is 6.20 Å². The summed E-state index contributed by atoms with van der Waals surface area (Å²) in [6.45, 7) is 3.12. The fourth-order valence-corrected chi connectivity index (χ4v) is 2.57. The molecule has 1 N–H and O–H groups in total. The van der Waals surface area contributed by atoms with Gasteiger partial charge in [-0.25, -0.2) is 4.98 Å². The largest absolute Gasteiger partial charge is 0.384 e. The lowest BCUT2D eigenvalue weighted by Crippen LogP contribution is -2.34. The van der Waals surface area contributed by atoms with Crippen LogP contribution in [0.5, 0.6) is 0 Å². The fourth-order valence-electron chi connectivity index (χ4n) is 2.57. The van der Waals surface area contributed by atoms with Gasteiger partial charge in [0.1, 0.15) is 5.69 Å². The summed E-state index contributed by atoms with van der Waals surface area (Å²) in [7, 11) is 3.19. The molecule has 0 spiro atoms. The van der Waals surface area contributed by atoms with Crippen LogP contribution in [-0.2, 0) is 9.53 Å².